The second-order valence-corrected chi connectivity index (χ2v) is 6.88. The molecule has 3 rings (SSSR count). The maximum Gasteiger partial charge on any atom is 0.257 e. The molecule has 0 saturated carbocycles. The molecular weight excluding hydrogens is 347 g/mol. The van der Waals surface area contributed by atoms with Crippen molar-refractivity contribution in [3.05, 3.63) is 65.5 Å². The number of halogens is 1. The number of likely N-dealkylation sites (tertiary alicyclic amines) is 1. The Hall–Kier alpha value is -2.89. The topological polar surface area (TPSA) is 58.6 Å². The van der Waals surface area contributed by atoms with Gasteiger partial charge in [0.25, 0.3) is 5.91 Å². The summed E-state index contributed by atoms with van der Waals surface area (Å²) >= 11 is 0. The van der Waals surface area contributed by atoms with Crippen LogP contribution in [0.4, 0.5) is 4.39 Å². The lowest BCUT2D eigenvalue weighted by atomic mass is 10.1. The van der Waals surface area contributed by atoms with Gasteiger partial charge in [-0.1, -0.05) is 24.3 Å². The third-order valence-electron chi connectivity index (χ3n) is 4.53. The van der Waals surface area contributed by atoms with Gasteiger partial charge in [0.2, 0.25) is 5.91 Å². The predicted octanol–water partition coefficient (Wildman–Crippen LogP) is 2.68. The van der Waals surface area contributed by atoms with Crippen LogP contribution in [0.1, 0.15) is 17.5 Å². The molecule has 1 saturated heterocycles. The van der Waals surface area contributed by atoms with Crippen molar-refractivity contribution >= 4 is 11.8 Å². The van der Waals surface area contributed by atoms with E-state index in [1.165, 1.54) is 12.1 Å². The molecule has 1 aliphatic heterocycles. The number of carbonyl (C=O) groups excluding carboxylic acids is 2. The third kappa shape index (κ3) is 5.54. The van der Waals surface area contributed by atoms with Crippen molar-refractivity contribution in [2.45, 2.75) is 19.9 Å². The normalized spacial score (nSPS) is 16.4. The summed E-state index contributed by atoms with van der Waals surface area (Å²) in [5.41, 5.74) is 1.96. The van der Waals surface area contributed by atoms with E-state index < -0.39 is 0 Å². The lowest BCUT2D eigenvalue weighted by molar-refractivity contribution is -0.128. The average molecular weight is 370 g/mol. The minimum Gasteiger partial charge on any atom is -0.484 e. The fourth-order valence-electron chi connectivity index (χ4n) is 3.12. The molecule has 1 fully saturated rings. The number of amides is 2. The van der Waals surface area contributed by atoms with Gasteiger partial charge in [-0.15, -0.1) is 0 Å². The highest BCUT2D eigenvalue weighted by molar-refractivity contribution is 5.79. The number of ether oxygens (including phenoxy) is 1. The van der Waals surface area contributed by atoms with Crippen LogP contribution in [-0.2, 0) is 16.1 Å². The van der Waals surface area contributed by atoms with E-state index in [1.807, 2.05) is 31.2 Å². The lowest BCUT2D eigenvalue weighted by Gasteiger charge is -2.17. The summed E-state index contributed by atoms with van der Waals surface area (Å²) in [5.74, 6) is 0.281. The number of nitrogens with one attached hydrogen (secondary N) is 1. The Balaban J connectivity index is 1.41. The Labute approximate surface area is 158 Å². The van der Waals surface area contributed by atoms with E-state index in [9.17, 15) is 14.0 Å². The number of nitrogens with zero attached hydrogens (tertiary/aromatic N) is 1. The van der Waals surface area contributed by atoms with Crippen molar-refractivity contribution < 1.29 is 18.7 Å². The summed E-state index contributed by atoms with van der Waals surface area (Å²) in [6.45, 7) is 3.38. The first-order valence-electron chi connectivity index (χ1n) is 8.98. The van der Waals surface area contributed by atoms with Gasteiger partial charge in [0.05, 0.1) is 0 Å². The average Bonchev–Trinajstić information content (AvgIpc) is 3.00. The molecule has 1 heterocycles. The highest BCUT2D eigenvalue weighted by Crippen LogP contribution is 2.20. The van der Waals surface area contributed by atoms with Gasteiger partial charge in [-0.25, -0.2) is 4.39 Å². The first-order valence-corrected chi connectivity index (χ1v) is 8.98. The summed E-state index contributed by atoms with van der Waals surface area (Å²) in [5, 5.41) is 2.83. The molecule has 1 N–H and O–H groups in total. The summed E-state index contributed by atoms with van der Waals surface area (Å²) in [4.78, 5) is 25.9. The number of rotatable bonds is 7. The van der Waals surface area contributed by atoms with Crippen LogP contribution in [0.25, 0.3) is 0 Å². The first kappa shape index (κ1) is 18.9. The Morgan fingerprint density at radius 3 is 2.78 bits per heavy atom. The number of hydrogen-bond acceptors (Lipinski definition) is 3. The maximum atomic E-state index is 13.0. The van der Waals surface area contributed by atoms with Crippen LogP contribution < -0.4 is 10.1 Å². The molecule has 27 heavy (non-hydrogen) atoms. The highest BCUT2D eigenvalue weighted by Gasteiger charge is 2.29. The Kier molecular flexibility index (Phi) is 6.06. The Bertz CT molecular complexity index is 807. The van der Waals surface area contributed by atoms with E-state index in [-0.39, 0.29) is 30.2 Å². The number of benzene rings is 2. The van der Waals surface area contributed by atoms with Crippen LogP contribution in [-0.4, -0.2) is 36.4 Å². The van der Waals surface area contributed by atoms with Crippen LogP contribution in [0, 0.1) is 18.7 Å². The first-order chi connectivity index (χ1) is 13.0. The van der Waals surface area contributed by atoms with E-state index in [2.05, 4.69) is 5.32 Å². The largest absolute Gasteiger partial charge is 0.484 e. The zero-order valence-corrected chi connectivity index (χ0v) is 15.3. The van der Waals surface area contributed by atoms with Crippen LogP contribution in [0.3, 0.4) is 0 Å². The molecule has 0 spiro atoms. The van der Waals surface area contributed by atoms with Gasteiger partial charge in [0, 0.05) is 32.0 Å². The lowest BCUT2D eigenvalue weighted by Crippen LogP contribution is -2.34. The van der Waals surface area contributed by atoms with E-state index in [1.54, 1.807) is 17.0 Å². The van der Waals surface area contributed by atoms with Crippen LogP contribution in [0.15, 0.2) is 48.5 Å². The van der Waals surface area contributed by atoms with Crippen molar-refractivity contribution in [3.63, 3.8) is 0 Å². The van der Waals surface area contributed by atoms with Crippen molar-refractivity contribution in [2.24, 2.45) is 5.92 Å². The molecule has 6 heteroatoms. The summed E-state index contributed by atoms with van der Waals surface area (Å²) in [7, 11) is 0. The Morgan fingerprint density at radius 2 is 2.04 bits per heavy atom. The van der Waals surface area contributed by atoms with Gasteiger partial charge in [0.1, 0.15) is 11.6 Å². The van der Waals surface area contributed by atoms with Gasteiger partial charge in [-0.3, -0.25) is 9.59 Å². The van der Waals surface area contributed by atoms with Crippen molar-refractivity contribution in [1.82, 2.24) is 10.2 Å². The molecule has 2 amide bonds. The summed E-state index contributed by atoms with van der Waals surface area (Å²) in [6.07, 6.45) is 0.403. The predicted molar refractivity (Wildman–Crippen MR) is 99.6 cm³/mol. The fourth-order valence-corrected chi connectivity index (χ4v) is 3.12. The second kappa shape index (κ2) is 8.66. The van der Waals surface area contributed by atoms with Gasteiger partial charge >= 0.3 is 0 Å². The van der Waals surface area contributed by atoms with E-state index in [0.717, 1.165) is 11.1 Å². The van der Waals surface area contributed by atoms with Crippen molar-refractivity contribution in [2.75, 3.05) is 19.7 Å². The van der Waals surface area contributed by atoms with Crippen LogP contribution in [0.5, 0.6) is 5.75 Å². The molecule has 0 radical (unpaired) electrons. The smallest absolute Gasteiger partial charge is 0.257 e. The summed E-state index contributed by atoms with van der Waals surface area (Å²) in [6, 6.07) is 13.7. The minimum atomic E-state index is -0.292. The van der Waals surface area contributed by atoms with Crippen LogP contribution in [0.2, 0.25) is 0 Å². The number of hydrogen-bond donors (Lipinski definition) is 1. The maximum absolute atomic E-state index is 13.0. The monoisotopic (exact) mass is 370 g/mol. The zero-order valence-electron chi connectivity index (χ0n) is 15.3. The van der Waals surface area contributed by atoms with Gasteiger partial charge in [-0.2, -0.15) is 0 Å². The number of carbonyl (C=O) groups is 2. The van der Waals surface area contributed by atoms with Crippen LogP contribution >= 0.6 is 0 Å². The quantitative estimate of drug-likeness (QED) is 0.815. The molecule has 2 aromatic carbocycles. The SMILES string of the molecule is Cc1cccc(OCC(=O)NCC2CC(=O)N(Cc3ccc(F)cc3)C2)c1. The molecule has 142 valence electrons. The summed E-state index contributed by atoms with van der Waals surface area (Å²) < 4.78 is 18.4. The highest BCUT2D eigenvalue weighted by atomic mass is 19.1. The van der Waals surface area contributed by atoms with E-state index in [0.29, 0.717) is 31.8 Å². The Morgan fingerprint density at radius 1 is 1.26 bits per heavy atom. The molecule has 0 bridgehead atoms. The van der Waals surface area contributed by atoms with E-state index in [4.69, 9.17) is 4.74 Å². The molecule has 1 aliphatic rings. The molecular formula is C21H23FN2O3. The molecule has 0 aliphatic carbocycles. The van der Waals surface area contributed by atoms with Gasteiger partial charge < -0.3 is 15.0 Å². The minimum absolute atomic E-state index is 0.0505. The molecule has 2 aromatic rings. The van der Waals surface area contributed by atoms with Gasteiger partial charge in [0.15, 0.2) is 6.61 Å². The molecule has 1 unspecified atom stereocenters. The molecule has 1 atom stereocenters. The van der Waals surface area contributed by atoms with E-state index >= 15 is 0 Å². The fraction of sp³-hybridized carbons (Fsp3) is 0.333. The molecule has 5 nitrogen and oxygen atoms in total. The third-order valence-corrected chi connectivity index (χ3v) is 4.53. The standard InChI is InChI=1S/C21H23FN2O3/c1-15-3-2-4-19(9-15)27-14-20(25)23-11-17-10-21(26)24(13-17)12-16-5-7-18(22)8-6-16/h2-9,17H,10-14H2,1H3,(H,23,25). The van der Waals surface area contributed by atoms with Crippen molar-refractivity contribution in [1.29, 1.82) is 0 Å². The zero-order chi connectivity index (χ0) is 19.2. The molecule has 0 aromatic heterocycles. The number of aryl methyl sites for hydroxylation is 1. The van der Waals surface area contributed by atoms with Gasteiger partial charge in [-0.05, 0) is 42.3 Å². The second-order valence-electron chi connectivity index (χ2n) is 6.88. The van der Waals surface area contributed by atoms with Crippen molar-refractivity contribution in [3.8, 4) is 5.75 Å².